The van der Waals surface area contributed by atoms with E-state index < -0.39 is 0 Å². The molecule has 2 rings (SSSR count). The highest BCUT2D eigenvalue weighted by Crippen LogP contribution is 2.34. The number of nitriles is 1. The zero-order chi connectivity index (χ0) is 16.2. The molecule has 0 aliphatic carbocycles. The van der Waals surface area contributed by atoms with Gasteiger partial charge in [0.15, 0.2) is 0 Å². The first-order valence-corrected chi connectivity index (χ1v) is 7.53. The van der Waals surface area contributed by atoms with Crippen LogP contribution < -0.4 is 0 Å². The first-order valence-electron chi connectivity index (χ1n) is 7.53. The van der Waals surface area contributed by atoms with E-state index >= 15 is 0 Å². The lowest BCUT2D eigenvalue weighted by molar-refractivity contribution is 1.28. The third kappa shape index (κ3) is 3.52. The smallest absolute Gasteiger partial charge is 0.0991 e. The van der Waals surface area contributed by atoms with Crippen LogP contribution in [-0.2, 0) is 0 Å². The van der Waals surface area contributed by atoms with E-state index in [9.17, 15) is 0 Å². The second kappa shape index (κ2) is 7.09. The van der Waals surface area contributed by atoms with E-state index in [1.54, 1.807) is 0 Å². The molecule has 0 aliphatic heterocycles. The summed E-state index contributed by atoms with van der Waals surface area (Å²) in [6, 6.07) is 10.6. The molecule has 0 bridgehead atoms. The summed E-state index contributed by atoms with van der Waals surface area (Å²) in [5.74, 6) is 0. The highest BCUT2D eigenvalue weighted by molar-refractivity contribution is 5.77. The Labute approximate surface area is 129 Å². The third-order valence-corrected chi connectivity index (χ3v) is 3.59. The lowest BCUT2D eigenvalue weighted by Gasteiger charge is -2.17. The van der Waals surface area contributed by atoms with Crippen molar-refractivity contribution in [3.63, 3.8) is 0 Å². The third-order valence-electron chi connectivity index (χ3n) is 3.59. The first kappa shape index (κ1) is 17.0. The van der Waals surface area contributed by atoms with Crippen molar-refractivity contribution in [1.82, 2.24) is 0 Å². The van der Waals surface area contributed by atoms with Gasteiger partial charge in [0.25, 0.3) is 0 Å². The van der Waals surface area contributed by atoms with Crippen molar-refractivity contribution in [1.29, 1.82) is 5.26 Å². The molecule has 0 saturated heterocycles. The topological polar surface area (TPSA) is 23.8 Å². The fraction of sp³-hybridized carbons (Fsp3) is 0.350. The van der Waals surface area contributed by atoms with Gasteiger partial charge in [0.2, 0.25) is 0 Å². The summed E-state index contributed by atoms with van der Waals surface area (Å²) < 4.78 is 0. The lowest BCUT2D eigenvalue weighted by atomic mass is 9.87. The van der Waals surface area contributed by atoms with Crippen LogP contribution in [0.25, 0.3) is 11.1 Å². The molecule has 110 valence electrons. The molecule has 1 heteroatoms. The van der Waals surface area contributed by atoms with Crippen LogP contribution in [0.15, 0.2) is 24.3 Å². The van der Waals surface area contributed by atoms with Crippen LogP contribution in [-0.4, -0.2) is 0 Å². The molecule has 0 atom stereocenters. The Morgan fingerprint density at radius 2 is 1.00 bits per heavy atom. The number of aryl methyl sites for hydroxylation is 5. The Morgan fingerprint density at radius 3 is 1.33 bits per heavy atom. The van der Waals surface area contributed by atoms with Crippen LogP contribution in [0, 0.1) is 45.9 Å². The monoisotopic (exact) mass is 279 g/mol. The summed E-state index contributed by atoms with van der Waals surface area (Å²) in [6.07, 6.45) is 0. The van der Waals surface area contributed by atoms with E-state index in [0.29, 0.717) is 0 Å². The standard InChI is InChI=1S/C18H19N.C2H6/c1-11-6-12(2)17(13(3)7-11)18-14(4)8-16(10-19)9-15(18)5;1-2/h6-9H,1-5H3;1-2H3. The lowest BCUT2D eigenvalue weighted by Crippen LogP contribution is -1.96. The Hall–Kier alpha value is -2.07. The SMILES string of the molecule is CC.Cc1cc(C)c(-c2c(C)cc(C#N)cc2C)c(C)c1. The Morgan fingerprint density at radius 1 is 0.667 bits per heavy atom. The first-order chi connectivity index (χ1) is 9.93. The minimum Gasteiger partial charge on any atom is -0.192 e. The average molecular weight is 279 g/mol. The van der Waals surface area contributed by atoms with Gasteiger partial charge in [-0.3, -0.25) is 0 Å². The Balaban J connectivity index is 0.00000106. The summed E-state index contributed by atoms with van der Waals surface area (Å²) >= 11 is 0. The van der Waals surface area contributed by atoms with E-state index in [2.05, 4.69) is 52.8 Å². The Kier molecular flexibility index (Phi) is 5.73. The fourth-order valence-corrected chi connectivity index (χ4v) is 3.00. The van der Waals surface area contributed by atoms with Gasteiger partial charge >= 0.3 is 0 Å². The minimum absolute atomic E-state index is 0.737. The molecular weight excluding hydrogens is 254 g/mol. The summed E-state index contributed by atoms with van der Waals surface area (Å²) in [5.41, 5.74) is 9.56. The van der Waals surface area contributed by atoms with Crippen molar-refractivity contribution in [2.45, 2.75) is 48.5 Å². The van der Waals surface area contributed by atoms with Gasteiger partial charge in [-0.1, -0.05) is 31.5 Å². The van der Waals surface area contributed by atoms with E-state index in [1.807, 2.05) is 26.0 Å². The second-order valence-corrected chi connectivity index (χ2v) is 5.37. The molecule has 21 heavy (non-hydrogen) atoms. The van der Waals surface area contributed by atoms with Crippen molar-refractivity contribution >= 4 is 0 Å². The highest BCUT2D eigenvalue weighted by atomic mass is 14.2. The van der Waals surface area contributed by atoms with Gasteiger partial charge in [-0.15, -0.1) is 0 Å². The molecule has 2 aromatic rings. The largest absolute Gasteiger partial charge is 0.192 e. The van der Waals surface area contributed by atoms with E-state index in [1.165, 1.54) is 38.9 Å². The fourth-order valence-electron chi connectivity index (χ4n) is 3.00. The molecule has 0 N–H and O–H groups in total. The van der Waals surface area contributed by atoms with Gasteiger partial charge in [-0.2, -0.15) is 5.26 Å². The van der Waals surface area contributed by atoms with Crippen molar-refractivity contribution in [2.24, 2.45) is 0 Å². The van der Waals surface area contributed by atoms with Crippen molar-refractivity contribution in [3.05, 3.63) is 57.6 Å². The highest BCUT2D eigenvalue weighted by Gasteiger charge is 2.12. The maximum absolute atomic E-state index is 9.04. The maximum atomic E-state index is 9.04. The van der Waals surface area contributed by atoms with E-state index in [4.69, 9.17) is 5.26 Å². The molecule has 0 saturated carbocycles. The maximum Gasteiger partial charge on any atom is 0.0991 e. The molecule has 0 radical (unpaired) electrons. The molecule has 0 fully saturated rings. The van der Waals surface area contributed by atoms with Crippen molar-refractivity contribution < 1.29 is 0 Å². The number of rotatable bonds is 1. The molecule has 0 aromatic heterocycles. The number of benzene rings is 2. The molecule has 0 aliphatic rings. The van der Waals surface area contributed by atoms with Gasteiger partial charge in [0.05, 0.1) is 11.6 Å². The van der Waals surface area contributed by atoms with E-state index in [-0.39, 0.29) is 0 Å². The number of nitrogens with zero attached hydrogens (tertiary/aromatic N) is 1. The summed E-state index contributed by atoms with van der Waals surface area (Å²) in [5, 5.41) is 9.04. The van der Waals surface area contributed by atoms with Gasteiger partial charge in [-0.25, -0.2) is 0 Å². The Bertz CT molecular complexity index is 641. The number of hydrogen-bond donors (Lipinski definition) is 0. The summed E-state index contributed by atoms with van der Waals surface area (Å²) in [4.78, 5) is 0. The molecule has 0 spiro atoms. The summed E-state index contributed by atoms with van der Waals surface area (Å²) in [7, 11) is 0. The van der Waals surface area contributed by atoms with Gasteiger partial charge in [0, 0.05) is 0 Å². The zero-order valence-corrected chi connectivity index (χ0v) is 14.3. The zero-order valence-electron chi connectivity index (χ0n) is 14.3. The van der Waals surface area contributed by atoms with Gasteiger partial charge < -0.3 is 0 Å². The van der Waals surface area contributed by atoms with Crippen LogP contribution in [0.2, 0.25) is 0 Å². The molecular formula is C20H25N. The normalized spacial score (nSPS) is 9.62. The van der Waals surface area contributed by atoms with Crippen LogP contribution in [0.5, 0.6) is 0 Å². The van der Waals surface area contributed by atoms with Gasteiger partial charge in [0.1, 0.15) is 0 Å². The van der Waals surface area contributed by atoms with Crippen LogP contribution in [0.3, 0.4) is 0 Å². The van der Waals surface area contributed by atoms with E-state index in [0.717, 1.165) is 5.56 Å². The van der Waals surface area contributed by atoms with Crippen LogP contribution >= 0.6 is 0 Å². The predicted molar refractivity (Wildman–Crippen MR) is 91.6 cm³/mol. The second-order valence-electron chi connectivity index (χ2n) is 5.37. The minimum atomic E-state index is 0.737. The summed E-state index contributed by atoms with van der Waals surface area (Å²) in [6.45, 7) is 14.6. The molecule has 0 heterocycles. The van der Waals surface area contributed by atoms with Crippen LogP contribution in [0.1, 0.15) is 47.2 Å². The quantitative estimate of drug-likeness (QED) is 0.647. The molecule has 0 amide bonds. The van der Waals surface area contributed by atoms with Gasteiger partial charge in [-0.05, 0) is 80.1 Å². The predicted octanol–water partition coefficient (Wildman–Crippen LogP) is 5.79. The number of hydrogen-bond acceptors (Lipinski definition) is 1. The molecule has 2 aromatic carbocycles. The van der Waals surface area contributed by atoms with Crippen molar-refractivity contribution in [2.75, 3.05) is 0 Å². The van der Waals surface area contributed by atoms with Crippen molar-refractivity contribution in [3.8, 4) is 17.2 Å². The average Bonchev–Trinajstić information content (AvgIpc) is 2.42. The molecule has 1 nitrogen and oxygen atoms in total. The van der Waals surface area contributed by atoms with Crippen LogP contribution in [0.4, 0.5) is 0 Å². The molecule has 0 unspecified atom stereocenters.